The first-order valence-corrected chi connectivity index (χ1v) is 7.73. The standard InChI is InChI=1S/C19H18N2O3/c1-3-24-16-11-9-14(10-12-16)18-17(19(22)23)13(2)20-21(18)15-7-5-4-6-8-15/h4-12H,3H2,1-2H3,(H,22,23). The van der Waals surface area contributed by atoms with Crippen LogP contribution in [-0.2, 0) is 0 Å². The fraction of sp³-hybridized carbons (Fsp3) is 0.158. The van der Waals surface area contributed by atoms with Crippen molar-refractivity contribution in [1.29, 1.82) is 0 Å². The quantitative estimate of drug-likeness (QED) is 0.772. The molecule has 1 aromatic heterocycles. The van der Waals surface area contributed by atoms with Crippen LogP contribution in [0.5, 0.6) is 5.75 Å². The van der Waals surface area contributed by atoms with Crippen LogP contribution in [0.4, 0.5) is 0 Å². The molecule has 5 heteroatoms. The monoisotopic (exact) mass is 322 g/mol. The molecule has 0 fully saturated rings. The Hall–Kier alpha value is -3.08. The Morgan fingerprint density at radius 3 is 2.38 bits per heavy atom. The van der Waals surface area contributed by atoms with Crippen LogP contribution in [0.1, 0.15) is 23.0 Å². The highest BCUT2D eigenvalue weighted by Gasteiger charge is 2.23. The maximum absolute atomic E-state index is 11.8. The molecular formula is C19H18N2O3. The lowest BCUT2D eigenvalue weighted by Gasteiger charge is -2.10. The third-order valence-electron chi connectivity index (χ3n) is 3.71. The summed E-state index contributed by atoms with van der Waals surface area (Å²) in [6.07, 6.45) is 0. The zero-order valence-corrected chi connectivity index (χ0v) is 13.6. The molecule has 0 spiro atoms. The zero-order valence-electron chi connectivity index (χ0n) is 13.6. The second-order valence-electron chi connectivity index (χ2n) is 5.32. The molecule has 3 aromatic rings. The lowest BCUT2D eigenvalue weighted by Crippen LogP contribution is -2.03. The van der Waals surface area contributed by atoms with Crippen LogP contribution in [0.25, 0.3) is 16.9 Å². The number of carbonyl (C=O) groups is 1. The van der Waals surface area contributed by atoms with Gasteiger partial charge in [-0.05, 0) is 50.2 Å². The van der Waals surface area contributed by atoms with E-state index in [0.29, 0.717) is 18.0 Å². The van der Waals surface area contributed by atoms with Gasteiger partial charge in [-0.15, -0.1) is 0 Å². The minimum Gasteiger partial charge on any atom is -0.494 e. The van der Waals surface area contributed by atoms with Gasteiger partial charge in [-0.3, -0.25) is 0 Å². The van der Waals surface area contributed by atoms with Crippen molar-refractivity contribution in [3.05, 3.63) is 65.9 Å². The first-order chi connectivity index (χ1) is 11.6. The van der Waals surface area contributed by atoms with E-state index in [2.05, 4.69) is 5.10 Å². The normalized spacial score (nSPS) is 10.6. The number of benzene rings is 2. The van der Waals surface area contributed by atoms with Gasteiger partial charge in [0.05, 0.1) is 23.7 Å². The van der Waals surface area contributed by atoms with Crippen molar-refractivity contribution in [3.63, 3.8) is 0 Å². The molecule has 0 aliphatic carbocycles. The molecule has 122 valence electrons. The van der Waals surface area contributed by atoms with Gasteiger partial charge in [-0.25, -0.2) is 9.48 Å². The van der Waals surface area contributed by atoms with Crippen molar-refractivity contribution in [2.24, 2.45) is 0 Å². The van der Waals surface area contributed by atoms with Crippen LogP contribution < -0.4 is 4.74 Å². The number of para-hydroxylation sites is 1. The predicted octanol–water partition coefficient (Wildman–Crippen LogP) is 3.94. The summed E-state index contributed by atoms with van der Waals surface area (Å²) in [5.74, 6) is -0.237. The lowest BCUT2D eigenvalue weighted by molar-refractivity contribution is 0.0697. The summed E-state index contributed by atoms with van der Waals surface area (Å²) >= 11 is 0. The third kappa shape index (κ3) is 2.88. The molecule has 0 aliphatic heterocycles. The molecule has 0 bridgehead atoms. The summed E-state index contributed by atoms with van der Waals surface area (Å²) in [5.41, 5.74) is 2.85. The Morgan fingerprint density at radius 2 is 1.79 bits per heavy atom. The molecule has 1 heterocycles. The third-order valence-corrected chi connectivity index (χ3v) is 3.71. The first-order valence-electron chi connectivity index (χ1n) is 7.73. The summed E-state index contributed by atoms with van der Waals surface area (Å²) in [5, 5.41) is 14.1. The maximum Gasteiger partial charge on any atom is 0.339 e. The highest BCUT2D eigenvalue weighted by Crippen LogP contribution is 2.30. The predicted molar refractivity (Wildman–Crippen MR) is 91.9 cm³/mol. The zero-order chi connectivity index (χ0) is 17.1. The van der Waals surface area contributed by atoms with Crippen molar-refractivity contribution >= 4 is 5.97 Å². The number of nitrogens with zero attached hydrogens (tertiary/aromatic N) is 2. The molecule has 0 aliphatic rings. The molecule has 0 saturated heterocycles. The van der Waals surface area contributed by atoms with Gasteiger partial charge in [0.2, 0.25) is 0 Å². The highest BCUT2D eigenvalue weighted by molar-refractivity contribution is 5.96. The smallest absolute Gasteiger partial charge is 0.339 e. The Balaban J connectivity index is 2.19. The molecular weight excluding hydrogens is 304 g/mol. The summed E-state index contributed by atoms with van der Waals surface area (Å²) < 4.78 is 7.13. The molecule has 0 radical (unpaired) electrons. The Morgan fingerprint density at radius 1 is 1.12 bits per heavy atom. The van der Waals surface area contributed by atoms with Crippen molar-refractivity contribution in [2.45, 2.75) is 13.8 Å². The molecule has 2 aromatic carbocycles. The number of aromatic nitrogens is 2. The average Bonchev–Trinajstić information content (AvgIpc) is 2.94. The van der Waals surface area contributed by atoms with Gasteiger partial charge in [0, 0.05) is 5.56 Å². The summed E-state index contributed by atoms with van der Waals surface area (Å²) in [7, 11) is 0. The minimum atomic E-state index is -0.987. The van der Waals surface area contributed by atoms with E-state index in [0.717, 1.165) is 17.0 Å². The minimum absolute atomic E-state index is 0.211. The summed E-state index contributed by atoms with van der Waals surface area (Å²) in [6, 6.07) is 16.9. The molecule has 24 heavy (non-hydrogen) atoms. The van der Waals surface area contributed by atoms with E-state index in [9.17, 15) is 9.90 Å². The first kappa shape index (κ1) is 15.8. The lowest BCUT2D eigenvalue weighted by atomic mass is 10.1. The summed E-state index contributed by atoms with van der Waals surface area (Å²) in [4.78, 5) is 11.8. The van der Waals surface area contributed by atoms with Gasteiger partial charge in [0.1, 0.15) is 11.3 Å². The van der Waals surface area contributed by atoms with Crippen molar-refractivity contribution in [1.82, 2.24) is 9.78 Å². The van der Waals surface area contributed by atoms with Crippen LogP contribution in [0.3, 0.4) is 0 Å². The van der Waals surface area contributed by atoms with Gasteiger partial charge < -0.3 is 9.84 Å². The van der Waals surface area contributed by atoms with Gasteiger partial charge in [0.25, 0.3) is 0 Å². The summed E-state index contributed by atoms with van der Waals surface area (Å²) in [6.45, 7) is 4.21. The van der Waals surface area contributed by atoms with Gasteiger partial charge >= 0.3 is 5.97 Å². The molecule has 5 nitrogen and oxygen atoms in total. The van der Waals surface area contributed by atoms with Gasteiger partial charge in [-0.2, -0.15) is 5.10 Å². The molecule has 0 saturated carbocycles. The average molecular weight is 322 g/mol. The van der Waals surface area contributed by atoms with Crippen LogP contribution in [0.15, 0.2) is 54.6 Å². The number of carboxylic acid groups (broad SMARTS) is 1. The molecule has 0 atom stereocenters. The fourth-order valence-electron chi connectivity index (χ4n) is 2.68. The molecule has 0 unspecified atom stereocenters. The van der Waals surface area contributed by atoms with E-state index in [1.165, 1.54) is 0 Å². The second kappa shape index (κ2) is 6.58. The van der Waals surface area contributed by atoms with E-state index < -0.39 is 5.97 Å². The topological polar surface area (TPSA) is 64.3 Å². The molecule has 1 N–H and O–H groups in total. The van der Waals surface area contributed by atoms with Gasteiger partial charge in [0.15, 0.2) is 0 Å². The fourth-order valence-corrected chi connectivity index (χ4v) is 2.68. The largest absolute Gasteiger partial charge is 0.494 e. The van der Waals surface area contributed by atoms with Crippen molar-refractivity contribution in [3.8, 4) is 22.7 Å². The van der Waals surface area contributed by atoms with E-state index in [-0.39, 0.29) is 5.56 Å². The Kier molecular flexibility index (Phi) is 4.33. The van der Waals surface area contributed by atoms with Crippen LogP contribution >= 0.6 is 0 Å². The number of carboxylic acids is 1. The maximum atomic E-state index is 11.8. The molecule has 0 amide bonds. The van der Waals surface area contributed by atoms with Crippen molar-refractivity contribution < 1.29 is 14.6 Å². The number of hydrogen-bond acceptors (Lipinski definition) is 3. The van der Waals surface area contributed by atoms with E-state index >= 15 is 0 Å². The highest BCUT2D eigenvalue weighted by atomic mass is 16.5. The van der Waals surface area contributed by atoms with Crippen LogP contribution in [0.2, 0.25) is 0 Å². The Bertz CT molecular complexity index is 852. The second-order valence-corrected chi connectivity index (χ2v) is 5.32. The van der Waals surface area contributed by atoms with Gasteiger partial charge in [-0.1, -0.05) is 18.2 Å². The Labute approximate surface area is 140 Å². The number of rotatable bonds is 5. The van der Waals surface area contributed by atoms with Crippen molar-refractivity contribution in [2.75, 3.05) is 6.61 Å². The number of aryl methyl sites for hydroxylation is 1. The van der Waals surface area contributed by atoms with Crippen LogP contribution in [-0.4, -0.2) is 27.5 Å². The van der Waals surface area contributed by atoms with Crippen LogP contribution in [0, 0.1) is 6.92 Å². The van der Waals surface area contributed by atoms with E-state index in [4.69, 9.17) is 4.74 Å². The van der Waals surface area contributed by atoms with E-state index in [1.54, 1.807) is 11.6 Å². The number of aromatic carboxylic acids is 1. The number of ether oxygens (including phenoxy) is 1. The number of hydrogen-bond donors (Lipinski definition) is 1. The molecule has 3 rings (SSSR count). The van der Waals surface area contributed by atoms with E-state index in [1.807, 2.05) is 61.5 Å². The SMILES string of the molecule is CCOc1ccc(-c2c(C(=O)O)c(C)nn2-c2ccccc2)cc1.